The Labute approximate surface area is 146 Å². The van der Waals surface area contributed by atoms with E-state index in [-0.39, 0.29) is 29.1 Å². The van der Waals surface area contributed by atoms with Gasteiger partial charge in [-0.25, -0.2) is 0 Å². The van der Waals surface area contributed by atoms with Gasteiger partial charge in [-0.3, -0.25) is 14.9 Å². The van der Waals surface area contributed by atoms with Gasteiger partial charge in [0.05, 0.1) is 11.5 Å². The molecule has 0 aliphatic carbocycles. The lowest BCUT2D eigenvalue weighted by molar-refractivity contribution is -0.384. The zero-order chi connectivity index (χ0) is 18.1. The fraction of sp³-hybridized carbons (Fsp3) is 0.316. The molecule has 3 rings (SSSR count). The van der Waals surface area contributed by atoms with Crippen LogP contribution in [0.5, 0.6) is 0 Å². The molecule has 1 amide bonds. The number of nitro groups is 1. The molecule has 0 unspecified atom stereocenters. The largest absolute Gasteiger partial charge is 0.359 e. The van der Waals surface area contributed by atoms with Crippen molar-refractivity contribution in [1.82, 2.24) is 0 Å². The SMILES string of the molecule is Cc1ccc(NC(=O)CN2c3ccc([N+](=O)[O-])cc3C[C@H]2C)cc1C. The van der Waals surface area contributed by atoms with Crippen molar-refractivity contribution >= 4 is 23.0 Å². The molecule has 25 heavy (non-hydrogen) atoms. The summed E-state index contributed by atoms with van der Waals surface area (Å²) in [5, 5.41) is 13.9. The van der Waals surface area contributed by atoms with E-state index in [2.05, 4.69) is 5.32 Å². The average molecular weight is 339 g/mol. The highest BCUT2D eigenvalue weighted by Crippen LogP contribution is 2.34. The maximum Gasteiger partial charge on any atom is 0.269 e. The highest BCUT2D eigenvalue weighted by Gasteiger charge is 2.29. The number of nitrogens with one attached hydrogen (secondary N) is 1. The van der Waals surface area contributed by atoms with Crippen molar-refractivity contribution in [2.45, 2.75) is 33.2 Å². The fourth-order valence-corrected chi connectivity index (χ4v) is 3.21. The minimum absolute atomic E-state index is 0.0902. The van der Waals surface area contributed by atoms with E-state index in [0.717, 1.165) is 22.5 Å². The van der Waals surface area contributed by atoms with Gasteiger partial charge < -0.3 is 10.2 Å². The molecular weight excluding hydrogens is 318 g/mol. The van der Waals surface area contributed by atoms with E-state index in [4.69, 9.17) is 0 Å². The Morgan fingerprint density at radius 3 is 2.68 bits per heavy atom. The lowest BCUT2D eigenvalue weighted by Gasteiger charge is -2.24. The van der Waals surface area contributed by atoms with Crippen LogP contribution in [-0.4, -0.2) is 23.4 Å². The monoisotopic (exact) mass is 339 g/mol. The molecule has 0 saturated heterocycles. The number of aryl methyl sites for hydroxylation is 2. The molecule has 0 bridgehead atoms. The fourth-order valence-electron chi connectivity index (χ4n) is 3.21. The summed E-state index contributed by atoms with van der Waals surface area (Å²) in [5.41, 5.74) is 5.00. The highest BCUT2D eigenvalue weighted by molar-refractivity contribution is 5.94. The Morgan fingerprint density at radius 1 is 1.24 bits per heavy atom. The molecule has 0 saturated carbocycles. The second kappa shape index (κ2) is 6.55. The number of nitrogens with zero attached hydrogens (tertiary/aromatic N) is 2. The molecular formula is C19H21N3O3. The van der Waals surface area contributed by atoms with Crippen LogP contribution >= 0.6 is 0 Å². The zero-order valence-corrected chi connectivity index (χ0v) is 14.6. The molecule has 1 atom stereocenters. The van der Waals surface area contributed by atoms with Crippen LogP contribution in [0.15, 0.2) is 36.4 Å². The molecule has 0 aromatic heterocycles. The third-order valence-electron chi connectivity index (χ3n) is 4.74. The molecule has 2 aromatic carbocycles. The van der Waals surface area contributed by atoms with E-state index < -0.39 is 0 Å². The quantitative estimate of drug-likeness (QED) is 0.682. The van der Waals surface area contributed by atoms with Crippen LogP contribution < -0.4 is 10.2 Å². The lowest BCUT2D eigenvalue weighted by Crippen LogP contribution is -2.37. The van der Waals surface area contributed by atoms with Crippen LogP contribution in [0.4, 0.5) is 17.1 Å². The summed E-state index contributed by atoms with van der Waals surface area (Å²) in [5.74, 6) is -0.0960. The molecule has 1 aliphatic rings. The lowest BCUT2D eigenvalue weighted by atomic mass is 10.1. The minimum atomic E-state index is -0.389. The Bertz CT molecular complexity index is 848. The van der Waals surface area contributed by atoms with Crippen LogP contribution in [0.25, 0.3) is 0 Å². The smallest absolute Gasteiger partial charge is 0.269 e. The molecule has 0 radical (unpaired) electrons. The Hall–Kier alpha value is -2.89. The van der Waals surface area contributed by atoms with Crippen LogP contribution in [-0.2, 0) is 11.2 Å². The zero-order valence-electron chi connectivity index (χ0n) is 14.6. The number of rotatable bonds is 4. The number of anilines is 2. The molecule has 0 fully saturated rings. The number of benzene rings is 2. The first-order valence-corrected chi connectivity index (χ1v) is 8.26. The van der Waals surface area contributed by atoms with Crippen molar-refractivity contribution in [1.29, 1.82) is 0 Å². The van der Waals surface area contributed by atoms with Crippen molar-refractivity contribution < 1.29 is 9.72 Å². The van der Waals surface area contributed by atoms with Gasteiger partial charge >= 0.3 is 0 Å². The van der Waals surface area contributed by atoms with E-state index >= 15 is 0 Å². The van der Waals surface area contributed by atoms with E-state index in [1.54, 1.807) is 12.1 Å². The molecule has 2 aromatic rings. The molecule has 1 aliphatic heterocycles. The number of non-ortho nitro benzene ring substituents is 1. The third-order valence-corrected chi connectivity index (χ3v) is 4.74. The van der Waals surface area contributed by atoms with Crippen molar-refractivity contribution in [3.8, 4) is 0 Å². The summed E-state index contributed by atoms with van der Waals surface area (Å²) >= 11 is 0. The number of amides is 1. The second-order valence-corrected chi connectivity index (χ2v) is 6.60. The molecule has 0 spiro atoms. The Kier molecular flexibility index (Phi) is 4.44. The van der Waals surface area contributed by atoms with Crippen molar-refractivity contribution in [3.63, 3.8) is 0 Å². The van der Waals surface area contributed by atoms with Gasteiger partial charge in [0.2, 0.25) is 5.91 Å². The summed E-state index contributed by atoms with van der Waals surface area (Å²) in [7, 11) is 0. The van der Waals surface area contributed by atoms with Gasteiger partial charge in [-0.2, -0.15) is 0 Å². The van der Waals surface area contributed by atoms with Gasteiger partial charge in [-0.15, -0.1) is 0 Å². The van der Waals surface area contributed by atoms with Gasteiger partial charge in [0.1, 0.15) is 0 Å². The van der Waals surface area contributed by atoms with Crippen LogP contribution in [0, 0.1) is 24.0 Å². The van der Waals surface area contributed by atoms with Crippen molar-refractivity contribution in [3.05, 3.63) is 63.2 Å². The number of nitro benzene ring substituents is 1. The van der Waals surface area contributed by atoms with Gasteiger partial charge in [0.25, 0.3) is 5.69 Å². The minimum Gasteiger partial charge on any atom is -0.359 e. The Morgan fingerprint density at radius 2 is 2.00 bits per heavy atom. The summed E-state index contributed by atoms with van der Waals surface area (Å²) in [4.78, 5) is 25.0. The number of carbonyl (C=O) groups is 1. The normalized spacial score (nSPS) is 15.8. The van der Waals surface area contributed by atoms with E-state index in [0.29, 0.717) is 6.42 Å². The number of hydrogen-bond acceptors (Lipinski definition) is 4. The van der Waals surface area contributed by atoms with Crippen LogP contribution in [0.3, 0.4) is 0 Å². The van der Waals surface area contributed by atoms with Crippen molar-refractivity contribution in [2.24, 2.45) is 0 Å². The van der Waals surface area contributed by atoms with Crippen LogP contribution in [0.1, 0.15) is 23.6 Å². The predicted molar refractivity (Wildman–Crippen MR) is 98.2 cm³/mol. The Balaban J connectivity index is 1.74. The van der Waals surface area contributed by atoms with E-state index in [9.17, 15) is 14.9 Å². The first-order chi connectivity index (χ1) is 11.8. The summed E-state index contributed by atoms with van der Waals surface area (Å²) in [6.07, 6.45) is 0.702. The highest BCUT2D eigenvalue weighted by atomic mass is 16.6. The standard InChI is InChI=1S/C19H21N3O3/c1-12-4-5-16(8-13(12)2)20-19(23)11-21-14(3)9-15-10-17(22(24)25)6-7-18(15)21/h4-8,10,14H,9,11H2,1-3H3,(H,20,23)/t14-/m1/s1. The van der Waals surface area contributed by atoms with Gasteiger partial charge in [0.15, 0.2) is 0 Å². The van der Waals surface area contributed by atoms with Gasteiger partial charge in [-0.05, 0) is 62.1 Å². The van der Waals surface area contributed by atoms with Crippen LogP contribution in [0.2, 0.25) is 0 Å². The van der Waals surface area contributed by atoms with E-state index in [1.165, 1.54) is 11.6 Å². The topological polar surface area (TPSA) is 75.5 Å². The number of carbonyl (C=O) groups excluding carboxylic acids is 1. The first-order valence-electron chi connectivity index (χ1n) is 8.26. The molecule has 1 N–H and O–H groups in total. The van der Waals surface area contributed by atoms with E-state index in [1.807, 2.05) is 43.9 Å². The van der Waals surface area contributed by atoms with Gasteiger partial charge in [0, 0.05) is 29.5 Å². The number of fused-ring (bicyclic) bond motifs is 1. The summed E-state index contributed by atoms with van der Waals surface area (Å²) < 4.78 is 0. The summed E-state index contributed by atoms with van der Waals surface area (Å²) in [6, 6.07) is 10.8. The predicted octanol–water partition coefficient (Wildman–Crippen LogP) is 3.60. The molecule has 6 heteroatoms. The summed E-state index contributed by atoms with van der Waals surface area (Å²) in [6.45, 7) is 6.29. The average Bonchev–Trinajstić information content (AvgIpc) is 2.86. The molecule has 6 nitrogen and oxygen atoms in total. The maximum atomic E-state index is 12.4. The molecule has 130 valence electrons. The maximum absolute atomic E-state index is 12.4. The van der Waals surface area contributed by atoms with Crippen molar-refractivity contribution in [2.75, 3.05) is 16.8 Å². The molecule has 1 heterocycles. The third kappa shape index (κ3) is 3.47. The van der Waals surface area contributed by atoms with Gasteiger partial charge in [-0.1, -0.05) is 6.07 Å². The number of hydrogen-bond donors (Lipinski definition) is 1. The second-order valence-electron chi connectivity index (χ2n) is 6.60. The first kappa shape index (κ1) is 17.0.